The van der Waals surface area contributed by atoms with Gasteiger partial charge in [-0.3, -0.25) is 0 Å². The fourth-order valence-electron chi connectivity index (χ4n) is 8.39. The minimum absolute atomic E-state index is 0.620. The van der Waals surface area contributed by atoms with Gasteiger partial charge in [0.25, 0.3) is 0 Å². The van der Waals surface area contributed by atoms with E-state index in [4.69, 9.17) is 9.40 Å². The highest BCUT2D eigenvalue weighted by atomic mass is 16.3. The molecule has 0 saturated carbocycles. The summed E-state index contributed by atoms with van der Waals surface area (Å²) < 4.78 is 8.66. The molecule has 2 aromatic heterocycles. The van der Waals surface area contributed by atoms with Crippen LogP contribution in [0.4, 0.5) is 17.1 Å². The second-order valence-corrected chi connectivity index (χ2v) is 14.4. The Hall–Kier alpha value is -7.69. The monoisotopic (exact) mass is 729 g/mol. The second kappa shape index (κ2) is 13.6. The van der Waals surface area contributed by atoms with Crippen molar-refractivity contribution in [1.29, 1.82) is 0 Å². The normalized spacial score (nSPS) is 11.5. The molecule has 0 unspecified atom stereocenters. The third-order valence-corrected chi connectivity index (χ3v) is 11.0. The summed E-state index contributed by atoms with van der Waals surface area (Å²) in [5.41, 5.74) is 13.7. The van der Waals surface area contributed by atoms with Crippen LogP contribution in [0.2, 0.25) is 0 Å². The van der Waals surface area contributed by atoms with Crippen LogP contribution in [0.15, 0.2) is 217 Å². The van der Waals surface area contributed by atoms with E-state index in [0.717, 1.165) is 56.1 Å². The number of aromatic nitrogens is 2. The number of benzene rings is 9. The van der Waals surface area contributed by atoms with Crippen molar-refractivity contribution >= 4 is 60.7 Å². The van der Waals surface area contributed by atoms with E-state index < -0.39 is 0 Å². The van der Waals surface area contributed by atoms with E-state index in [1.807, 2.05) is 42.5 Å². The third kappa shape index (κ3) is 5.58. The highest BCUT2D eigenvalue weighted by Gasteiger charge is 2.22. The van der Waals surface area contributed by atoms with Crippen LogP contribution in [0.25, 0.3) is 83.1 Å². The zero-order chi connectivity index (χ0) is 37.7. The summed E-state index contributed by atoms with van der Waals surface area (Å²) in [5, 5.41) is 4.88. The number of fused-ring (bicyclic) bond motifs is 6. The Bertz CT molecular complexity index is 3200. The van der Waals surface area contributed by atoms with Gasteiger partial charge in [0.15, 0.2) is 5.58 Å². The SMILES string of the molecule is c1ccc(-c2ccc(N(c3ccc(-c4cccc5oc(-c6ccccc6)nc45)cc3)c3cc4c(c5ccccc35)c3ccccc3n4-c3ccccc3)cc2)cc1. The zero-order valence-corrected chi connectivity index (χ0v) is 31.0. The average molecular weight is 730 g/mol. The fourth-order valence-corrected chi connectivity index (χ4v) is 8.39. The van der Waals surface area contributed by atoms with Crippen LogP contribution in [-0.4, -0.2) is 9.55 Å². The fraction of sp³-hybridized carbons (Fsp3) is 0. The molecule has 0 amide bonds. The first-order chi connectivity index (χ1) is 28.3. The summed E-state index contributed by atoms with van der Waals surface area (Å²) in [6, 6.07) is 75.2. The molecule has 4 heteroatoms. The van der Waals surface area contributed by atoms with Gasteiger partial charge in [-0.25, -0.2) is 4.98 Å². The highest BCUT2D eigenvalue weighted by Crippen LogP contribution is 2.46. The van der Waals surface area contributed by atoms with Crippen molar-refractivity contribution in [1.82, 2.24) is 9.55 Å². The molecule has 0 N–H and O–H groups in total. The maximum atomic E-state index is 6.25. The van der Waals surface area contributed by atoms with Crippen molar-refractivity contribution in [3.05, 3.63) is 212 Å². The van der Waals surface area contributed by atoms with Gasteiger partial charge < -0.3 is 13.9 Å². The minimum atomic E-state index is 0.620. The van der Waals surface area contributed by atoms with Gasteiger partial charge in [-0.2, -0.15) is 0 Å². The number of nitrogens with zero attached hydrogens (tertiary/aromatic N) is 3. The first-order valence-electron chi connectivity index (χ1n) is 19.3. The standard InChI is InChI=1S/C53H35N3O/c1-4-15-36(16-5-1)37-27-31-41(32-28-37)55(42-33-29-38(30-34-42)43-24-14-26-50-52(43)54-53(57-50)39-17-6-2-7-18-39)48-35-49-51(45-22-11-10-21-44(45)48)46-23-12-13-25-47(46)56(49)40-19-8-3-9-20-40/h1-35H. The van der Waals surface area contributed by atoms with E-state index in [1.54, 1.807) is 0 Å². The van der Waals surface area contributed by atoms with E-state index in [2.05, 4.69) is 179 Å². The van der Waals surface area contributed by atoms with Crippen molar-refractivity contribution in [2.24, 2.45) is 0 Å². The van der Waals surface area contributed by atoms with Crippen molar-refractivity contribution in [2.75, 3.05) is 4.90 Å². The van der Waals surface area contributed by atoms with Crippen LogP contribution < -0.4 is 4.90 Å². The number of anilines is 3. The van der Waals surface area contributed by atoms with Crippen LogP contribution in [0.5, 0.6) is 0 Å². The average Bonchev–Trinajstić information content (AvgIpc) is 3.88. The number of rotatable bonds is 7. The summed E-state index contributed by atoms with van der Waals surface area (Å²) in [4.78, 5) is 7.38. The van der Waals surface area contributed by atoms with Gasteiger partial charge in [-0.05, 0) is 88.8 Å². The minimum Gasteiger partial charge on any atom is -0.436 e. The van der Waals surface area contributed by atoms with Crippen LogP contribution in [0.3, 0.4) is 0 Å². The van der Waals surface area contributed by atoms with E-state index in [-0.39, 0.29) is 0 Å². The van der Waals surface area contributed by atoms with Gasteiger partial charge in [0.1, 0.15) is 5.52 Å². The molecule has 0 aliphatic rings. The Morgan fingerprint density at radius 2 is 0.982 bits per heavy atom. The zero-order valence-electron chi connectivity index (χ0n) is 31.0. The molecule has 0 spiro atoms. The Labute approximate surface area is 330 Å². The largest absolute Gasteiger partial charge is 0.436 e. The molecule has 11 aromatic rings. The molecule has 268 valence electrons. The van der Waals surface area contributed by atoms with Crippen molar-refractivity contribution in [2.45, 2.75) is 0 Å². The maximum Gasteiger partial charge on any atom is 0.227 e. The molecule has 4 nitrogen and oxygen atoms in total. The molecule has 0 atom stereocenters. The lowest BCUT2D eigenvalue weighted by Crippen LogP contribution is -2.11. The topological polar surface area (TPSA) is 34.2 Å². The van der Waals surface area contributed by atoms with Crippen LogP contribution in [-0.2, 0) is 0 Å². The lowest BCUT2D eigenvalue weighted by molar-refractivity contribution is 0.620. The van der Waals surface area contributed by atoms with Gasteiger partial charge in [0.05, 0.1) is 16.7 Å². The van der Waals surface area contributed by atoms with E-state index in [1.165, 1.54) is 38.2 Å². The predicted molar refractivity (Wildman–Crippen MR) is 237 cm³/mol. The van der Waals surface area contributed by atoms with E-state index >= 15 is 0 Å². The molecule has 0 aliphatic heterocycles. The summed E-state index contributed by atoms with van der Waals surface area (Å²) in [6.45, 7) is 0. The van der Waals surface area contributed by atoms with Crippen molar-refractivity contribution in [3.8, 4) is 39.4 Å². The van der Waals surface area contributed by atoms with Gasteiger partial charge >= 0.3 is 0 Å². The molecule has 57 heavy (non-hydrogen) atoms. The molecule has 9 aromatic carbocycles. The number of hydrogen-bond acceptors (Lipinski definition) is 3. The Kier molecular flexibility index (Phi) is 7.78. The molecular formula is C53H35N3O. The van der Waals surface area contributed by atoms with E-state index in [9.17, 15) is 0 Å². The number of hydrogen-bond donors (Lipinski definition) is 0. The van der Waals surface area contributed by atoms with Crippen molar-refractivity contribution < 1.29 is 4.42 Å². The predicted octanol–water partition coefficient (Wildman–Crippen LogP) is 14.5. The highest BCUT2D eigenvalue weighted by molar-refractivity contribution is 6.24. The van der Waals surface area contributed by atoms with Crippen molar-refractivity contribution in [3.63, 3.8) is 0 Å². The van der Waals surface area contributed by atoms with Crippen LogP contribution in [0.1, 0.15) is 0 Å². The number of oxazole rings is 1. The molecule has 0 fully saturated rings. The lowest BCUT2D eigenvalue weighted by Gasteiger charge is -2.28. The number of para-hydroxylation sites is 3. The van der Waals surface area contributed by atoms with Crippen LogP contribution >= 0.6 is 0 Å². The molecule has 2 heterocycles. The molecule has 11 rings (SSSR count). The maximum absolute atomic E-state index is 6.25. The van der Waals surface area contributed by atoms with Gasteiger partial charge in [0.2, 0.25) is 5.89 Å². The van der Waals surface area contributed by atoms with Gasteiger partial charge in [0, 0.05) is 44.3 Å². The first kappa shape index (κ1) is 32.7. The Balaban J connectivity index is 1.12. The molecule has 0 saturated heterocycles. The smallest absolute Gasteiger partial charge is 0.227 e. The lowest BCUT2D eigenvalue weighted by atomic mass is 9.99. The Morgan fingerprint density at radius 1 is 0.421 bits per heavy atom. The first-order valence-corrected chi connectivity index (χ1v) is 19.3. The summed E-state index contributed by atoms with van der Waals surface area (Å²) in [7, 11) is 0. The summed E-state index contributed by atoms with van der Waals surface area (Å²) >= 11 is 0. The second-order valence-electron chi connectivity index (χ2n) is 14.4. The molecule has 0 bridgehead atoms. The third-order valence-electron chi connectivity index (χ3n) is 11.0. The Morgan fingerprint density at radius 3 is 1.68 bits per heavy atom. The van der Waals surface area contributed by atoms with Gasteiger partial charge in [-0.1, -0.05) is 146 Å². The summed E-state index contributed by atoms with van der Waals surface area (Å²) in [5.74, 6) is 0.620. The van der Waals surface area contributed by atoms with E-state index in [0.29, 0.717) is 5.89 Å². The summed E-state index contributed by atoms with van der Waals surface area (Å²) in [6.07, 6.45) is 0. The molecular weight excluding hydrogens is 695 g/mol. The molecule has 0 radical (unpaired) electrons. The quantitative estimate of drug-likeness (QED) is 0.164. The van der Waals surface area contributed by atoms with Crippen LogP contribution in [0, 0.1) is 0 Å². The van der Waals surface area contributed by atoms with Gasteiger partial charge in [-0.15, -0.1) is 0 Å². The molecule has 0 aliphatic carbocycles.